The van der Waals surface area contributed by atoms with E-state index >= 15 is 0 Å². The van der Waals surface area contributed by atoms with Gasteiger partial charge in [-0.15, -0.1) is 0 Å². The number of benzene rings is 2. The minimum atomic E-state index is -0.478. The first-order valence-electron chi connectivity index (χ1n) is 9.70. The average Bonchev–Trinajstić information content (AvgIpc) is 3.15. The highest BCUT2D eigenvalue weighted by Crippen LogP contribution is 2.25. The van der Waals surface area contributed by atoms with Crippen molar-refractivity contribution in [3.63, 3.8) is 0 Å². The fourth-order valence-corrected chi connectivity index (χ4v) is 3.02. The number of carbonyl (C=O) groups excluding carboxylic acids is 2. The highest BCUT2D eigenvalue weighted by atomic mass is 16.5. The molecule has 1 heterocycles. The number of unbranched alkanes of at least 4 members (excludes halogenated alkanes) is 1. The first-order valence-corrected chi connectivity index (χ1v) is 9.70. The van der Waals surface area contributed by atoms with Crippen molar-refractivity contribution in [3.05, 3.63) is 53.7 Å². The van der Waals surface area contributed by atoms with Gasteiger partial charge in [0.1, 0.15) is 5.75 Å². The molecule has 0 radical (unpaired) electrons. The van der Waals surface area contributed by atoms with Crippen LogP contribution in [0, 0.1) is 0 Å². The number of esters is 1. The van der Waals surface area contributed by atoms with E-state index in [1.54, 1.807) is 36.2 Å². The molecule has 3 aromatic rings. The van der Waals surface area contributed by atoms with Crippen LogP contribution in [0.4, 0.5) is 10.5 Å². The molecule has 0 unspecified atom stereocenters. The van der Waals surface area contributed by atoms with E-state index in [4.69, 9.17) is 14.2 Å². The van der Waals surface area contributed by atoms with Crippen molar-refractivity contribution >= 4 is 28.7 Å². The van der Waals surface area contributed by atoms with E-state index in [2.05, 4.69) is 10.4 Å². The van der Waals surface area contributed by atoms with Gasteiger partial charge in [-0.25, -0.2) is 9.59 Å². The van der Waals surface area contributed by atoms with Gasteiger partial charge in [-0.1, -0.05) is 19.4 Å². The second kappa shape index (κ2) is 9.78. The van der Waals surface area contributed by atoms with Gasteiger partial charge >= 0.3 is 12.1 Å². The van der Waals surface area contributed by atoms with Crippen molar-refractivity contribution in [1.82, 2.24) is 9.78 Å². The first-order chi connectivity index (χ1) is 14.5. The van der Waals surface area contributed by atoms with E-state index < -0.39 is 12.1 Å². The molecular weight excluding hydrogens is 386 g/mol. The topological polar surface area (TPSA) is 91.7 Å². The van der Waals surface area contributed by atoms with Crippen molar-refractivity contribution in [2.45, 2.75) is 26.3 Å². The number of amides is 1. The highest BCUT2D eigenvalue weighted by molar-refractivity contribution is 5.90. The van der Waals surface area contributed by atoms with E-state index in [9.17, 15) is 9.59 Å². The Hall–Kier alpha value is -3.55. The molecule has 0 spiro atoms. The molecule has 1 amide bonds. The van der Waals surface area contributed by atoms with Gasteiger partial charge < -0.3 is 14.2 Å². The molecule has 3 rings (SSSR count). The molecule has 0 bridgehead atoms. The molecule has 8 nitrogen and oxygen atoms in total. The maximum atomic E-state index is 11.9. The predicted octanol–water partition coefficient (Wildman–Crippen LogP) is 4.23. The van der Waals surface area contributed by atoms with Crippen LogP contribution in [0.1, 0.15) is 35.7 Å². The Bertz CT molecular complexity index is 1040. The quantitative estimate of drug-likeness (QED) is 0.441. The third-order valence-electron chi connectivity index (χ3n) is 4.65. The summed E-state index contributed by atoms with van der Waals surface area (Å²) < 4.78 is 17.2. The molecule has 0 aliphatic heterocycles. The molecule has 0 fully saturated rings. The maximum Gasteiger partial charge on any atom is 0.411 e. The van der Waals surface area contributed by atoms with Gasteiger partial charge in [-0.3, -0.25) is 10.00 Å². The largest absolute Gasteiger partial charge is 0.496 e. The van der Waals surface area contributed by atoms with Crippen LogP contribution in [0.15, 0.2) is 42.6 Å². The fourth-order valence-electron chi connectivity index (χ4n) is 3.02. The van der Waals surface area contributed by atoms with Gasteiger partial charge in [-0.2, -0.15) is 5.10 Å². The summed E-state index contributed by atoms with van der Waals surface area (Å²) in [6.45, 7) is 2.86. The summed E-state index contributed by atoms with van der Waals surface area (Å²) in [7, 11) is 2.89. The van der Waals surface area contributed by atoms with E-state index in [1.807, 2.05) is 25.1 Å². The molecule has 30 heavy (non-hydrogen) atoms. The Balaban J connectivity index is 1.81. The van der Waals surface area contributed by atoms with Gasteiger partial charge in [-0.05, 0) is 36.8 Å². The Morgan fingerprint density at radius 1 is 1.13 bits per heavy atom. The first kappa shape index (κ1) is 21.2. The standard InChI is InChI=1S/C22H25N3O5/c1-4-5-10-30-22(27)24-18-9-8-16-13-23-25(19(16)12-18)14-17-7-6-15(21(26)29-3)11-20(17)28-2/h6-9,11-13H,4-5,10,14H2,1-3H3,(H,24,27). The molecule has 2 aromatic carbocycles. The Morgan fingerprint density at radius 2 is 1.97 bits per heavy atom. The number of hydrogen-bond donors (Lipinski definition) is 1. The van der Waals surface area contributed by atoms with E-state index in [0.717, 1.165) is 29.3 Å². The summed E-state index contributed by atoms with van der Waals surface area (Å²) in [6, 6.07) is 10.7. The van der Waals surface area contributed by atoms with Crippen LogP contribution >= 0.6 is 0 Å². The summed E-state index contributed by atoms with van der Waals surface area (Å²) in [4.78, 5) is 23.7. The Labute approximate surface area is 174 Å². The highest BCUT2D eigenvalue weighted by Gasteiger charge is 2.13. The van der Waals surface area contributed by atoms with Gasteiger partial charge in [0.25, 0.3) is 0 Å². The number of anilines is 1. The summed E-state index contributed by atoms with van der Waals surface area (Å²) in [5, 5.41) is 8.13. The van der Waals surface area contributed by atoms with Crippen LogP contribution in [0.3, 0.4) is 0 Å². The van der Waals surface area contributed by atoms with Crippen molar-refractivity contribution in [2.24, 2.45) is 0 Å². The molecule has 1 N–H and O–H groups in total. The molecule has 0 aliphatic carbocycles. The van der Waals surface area contributed by atoms with Crippen molar-refractivity contribution in [2.75, 3.05) is 26.1 Å². The molecule has 158 valence electrons. The van der Waals surface area contributed by atoms with Gasteiger partial charge in [0.15, 0.2) is 0 Å². The molecule has 0 atom stereocenters. The summed E-state index contributed by atoms with van der Waals surface area (Å²) in [5.41, 5.74) is 2.74. The number of aromatic nitrogens is 2. The summed E-state index contributed by atoms with van der Waals surface area (Å²) in [6.07, 6.45) is 3.07. The number of methoxy groups -OCH3 is 2. The zero-order chi connectivity index (χ0) is 21.5. The van der Waals surface area contributed by atoms with Crippen LogP contribution < -0.4 is 10.1 Å². The molecule has 0 aliphatic rings. The number of hydrogen-bond acceptors (Lipinski definition) is 6. The summed E-state index contributed by atoms with van der Waals surface area (Å²) >= 11 is 0. The van der Waals surface area contributed by atoms with Crippen LogP contribution in [0.25, 0.3) is 10.9 Å². The van der Waals surface area contributed by atoms with E-state index in [1.165, 1.54) is 7.11 Å². The molecule has 0 saturated carbocycles. The smallest absolute Gasteiger partial charge is 0.411 e. The lowest BCUT2D eigenvalue weighted by Crippen LogP contribution is -2.14. The second-order valence-corrected chi connectivity index (χ2v) is 6.71. The number of nitrogens with zero attached hydrogens (tertiary/aromatic N) is 2. The minimum Gasteiger partial charge on any atom is -0.496 e. The molecule has 8 heteroatoms. The normalized spacial score (nSPS) is 10.6. The lowest BCUT2D eigenvalue weighted by Gasteiger charge is -2.11. The third kappa shape index (κ3) is 4.89. The third-order valence-corrected chi connectivity index (χ3v) is 4.65. The number of fused-ring (bicyclic) bond motifs is 1. The van der Waals surface area contributed by atoms with Crippen LogP contribution in [0.2, 0.25) is 0 Å². The van der Waals surface area contributed by atoms with E-state index in [-0.39, 0.29) is 0 Å². The van der Waals surface area contributed by atoms with E-state index in [0.29, 0.717) is 30.2 Å². The summed E-state index contributed by atoms with van der Waals surface area (Å²) in [5.74, 6) is 0.140. The van der Waals surface area contributed by atoms with Crippen LogP contribution in [-0.2, 0) is 16.0 Å². The lowest BCUT2D eigenvalue weighted by atomic mass is 10.1. The monoisotopic (exact) mass is 411 g/mol. The minimum absolute atomic E-state index is 0.393. The Kier molecular flexibility index (Phi) is 6.90. The van der Waals surface area contributed by atoms with Crippen LogP contribution in [0.5, 0.6) is 5.75 Å². The van der Waals surface area contributed by atoms with Crippen LogP contribution in [-0.4, -0.2) is 42.7 Å². The number of ether oxygens (including phenoxy) is 3. The lowest BCUT2D eigenvalue weighted by molar-refractivity contribution is 0.0600. The SMILES string of the molecule is CCCCOC(=O)Nc1ccc2cnn(Cc3ccc(C(=O)OC)cc3OC)c2c1. The van der Waals surface area contributed by atoms with Crippen molar-refractivity contribution in [1.29, 1.82) is 0 Å². The average molecular weight is 411 g/mol. The van der Waals surface area contributed by atoms with Gasteiger partial charge in [0.05, 0.1) is 44.6 Å². The maximum absolute atomic E-state index is 11.9. The molecule has 1 aromatic heterocycles. The fraction of sp³-hybridized carbons (Fsp3) is 0.318. The van der Waals surface area contributed by atoms with Gasteiger partial charge in [0.2, 0.25) is 0 Å². The molecule has 0 saturated heterocycles. The zero-order valence-electron chi connectivity index (χ0n) is 17.3. The predicted molar refractivity (Wildman–Crippen MR) is 113 cm³/mol. The van der Waals surface area contributed by atoms with Crippen molar-refractivity contribution in [3.8, 4) is 5.75 Å². The molecular formula is C22H25N3O5. The zero-order valence-corrected chi connectivity index (χ0v) is 17.3. The number of rotatable bonds is 8. The van der Waals surface area contributed by atoms with Crippen molar-refractivity contribution < 1.29 is 23.8 Å². The number of carbonyl (C=O) groups is 2. The van der Waals surface area contributed by atoms with Gasteiger partial charge in [0, 0.05) is 16.6 Å². The Morgan fingerprint density at radius 3 is 2.70 bits per heavy atom. The second-order valence-electron chi connectivity index (χ2n) is 6.71. The number of nitrogens with one attached hydrogen (secondary N) is 1.